The molecule has 0 aliphatic heterocycles. The van der Waals surface area contributed by atoms with Gasteiger partial charge in [-0.25, -0.2) is 27.3 Å². The van der Waals surface area contributed by atoms with Crippen molar-refractivity contribution in [1.29, 1.82) is 5.26 Å². The van der Waals surface area contributed by atoms with Gasteiger partial charge in [0.25, 0.3) is 0 Å². The Morgan fingerprint density at radius 2 is 1.86 bits per heavy atom. The molecular formula is C25H21F3N4OS2. The summed E-state index contributed by atoms with van der Waals surface area (Å²) < 4.78 is 54.2. The van der Waals surface area contributed by atoms with E-state index in [2.05, 4.69) is 4.98 Å². The molecule has 0 saturated heterocycles. The maximum atomic E-state index is 14.1. The van der Waals surface area contributed by atoms with Crippen molar-refractivity contribution in [3.63, 3.8) is 0 Å². The molecule has 1 unspecified atom stereocenters. The number of thiazole rings is 1. The Morgan fingerprint density at radius 1 is 1.14 bits per heavy atom. The van der Waals surface area contributed by atoms with Crippen LogP contribution in [0.1, 0.15) is 43.0 Å². The van der Waals surface area contributed by atoms with Gasteiger partial charge in [0.05, 0.1) is 37.2 Å². The Hall–Kier alpha value is -3.13. The first-order valence-corrected chi connectivity index (χ1v) is 12.7. The van der Waals surface area contributed by atoms with Gasteiger partial charge >= 0.3 is 0 Å². The number of hydrogen-bond donors (Lipinski definition) is 1. The van der Waals surface area contributed by atoms with Gasteiger partial charge in [-0.05, 0) is 68.1 Å². The van der Waals surface area contributed by atoms with E-state index in [1.165, 1.54) is 35.6 Å². The van der Waals surface area contributed by atoms with Crippen molar-refractivity contribution in [2.75, 3.05) is 0 Å². The first kappa shape index (κ1) is 25.0. The highest BCUT2D eigenvalue weighted by Crippen LogP contribution is 2.39. The lowest BCUT2D eigenvalue weighted by Gasteiger charge is -2.28. The van der Waals surface area contributed by atoms with E-state index in [1.54, 1.807) is 25.4 Å². The van der Waals surface area contributed by atoms with E-state index < -0.39 is 39.1 Å². The van der Waals surface area contributed by atoms with Gasteiger partial charge in [0.2, 0.25) is 0 Å². The molecular weight excluding hydrogens is 493 g/mol. The van der Waals surface area contributed by atoms with E-state index >= 15 is 0 Å². The normalized spacial score (nSPS) is 13.5. The van der Waals surface area contributed by atoms with Crippen LogP contribution < -0.4 is 5.14 Å². The molecule has 4 aromatic rings. The summed E-state index contributed by atoms with van der Waals surface area (Å²) in [5.74, 6) is -2.53. The number of hydrogen-bond acceptors (Lipinski definition) is 5. The Bertz CT molecular complexity index is 1460. The molecule has 0 aliphatic rings. The summed E-state index contributed by atoms with van der Waals surface area (Å²) in [6.45, 7) is 3.49. The molecule has 5 nitrogen and oxygen atoms in total. The lowest BCUT2D eigenvalue weighted by molar-refractivity contribution is 0.505. The molecule has 4 rings (SSSR count). The molecule has 10 heteroatoms. The van der Waals surface area contributed by atoms with Gasteiger partial charge in [0.1, 0.15) is 23.5 Å². The fraction of sp³-hybridized carbons (Fsp3) is 0.240. The Labute approximate surface area is 207 Å². The molecule has 0 radical (unpaired) electrons. The van der Waals surface area contributed by atoms with Crippen LogP contribution in [0.25, 0.3) is 21.5 Å². The highest BCUT2D eigenvalue weighted by Gasteiger charge is 2.32. The van der Waals surface area contributed by atoms with Crippen LogP contribution in [0.15, 0.2) is 48.0 Å². The molecule has 180 valence electrons. The Morgan fingerprint density at radius 3 is 2.51 bits per heavy atom. The summed E-state index contributed by atoms with van der Waals surface area (Å²) in [4.78, 5) is 9.07. The number of halogens is 3. The summed E-state index contributed by atoms with van der Waals surface area (Å²) in [6, 6.07) is 11.2. The Kier molecular flexibility index (Phi) is 7.03. The van der Waals surface area contributed by atoms with E-state index in [0.29, 0.717) is 28.0 Å². The number of pyridine rings is 1. The van der Waals surface area contributed by atoms with Crippen LogP contribution in [0.2, 0.25) is 0 Å². The highest BCUT2D eigenvalue weighted by molar-refractivity contribution is 7.84. The van der Waals surface area contributed by atoms with Crippen molar-refractivity contribution in [2.45, 2.75) is 37.4 Å². The largest absolute Gasteiger partial charge is 0.251 e. The lowest BCUT2D eigenvalue weighted by Crippen LogP contribution is -2.34. The van der Waals surface area contributed by atoms with Crippen molar-refractivity contribution in [3.8, 4) is 17.2 Å². The van der Waals surface area contributed by atoms with Crippen LogP contribution in [0.5, 0.6) is 0 Å². The molecule has 2 atom stereocenters. The van der Waals surface area contributed by atoms with Gasteiger partial charge in [-0.3, -0.25) is 5.14 Å². The number of fused-ring (bicyclic) bond motifs is 1. The molecule has 0 spiro atoms. The molecule has 0 amide bonds. The third-order valence-electron chi connectivity index (χ3n) is 5.82. The zero-order valence-corrected chi connectivity index (χ0v) is 20.5. The predicted octanol–water partition coefficient (Wildman–Crippen LogP) is 5.76. The monoisotopic (exact) mass is 514 g/mol. The molecule has 35 heavy (non-hydrogen) atoms. The topological polar surface area (TPSA) is 92.7 Å². The van der Waals surface area contributed by atoms with Crippen LogP contribution in [-0.4, -0.2) is 18.9 Å². The van der Waals surface area contributed by atoms with Gasteiger partial charge < -0.3 is 0 Å². The maximum Gasteiger partial charge on any atom is 0.170 e. The fourth-order valence-corrected chi connectivity index (χ4v) is 5.11. The predicted molar refractivity (Wildman–Crippen MR) is 131 cm³/mol. The van der Waals surface area contributed by atoms with Crippen LogP contribution in [0, 0.1) is 28.8 Å². The first-order chi connectivity index (χ1) is 16.6. The Balaban J connectivity index is 1.93. The van der Waals surface area contributed by atoms with E-state index in [1.807, 2.05) is 12.1 Å². The molecule has 0 bridgehead atoms. The third-order valence-corrected chi connectivity index (χ3v) is 7.85. The van der Waals surface area contributed by atoms with Crippen molar-refractivity contribution >= 4 is 32.7 Å². The van der Waals surface area contributed by atoms with Crippen LogP contribution in [0.4, 0.5) is 13.2 Å². The second-order valence-corrected chi connectivity index (χ2v) is 11.4. The minimum absolute atomic E-state index is 0.120. The van der Waals surface area contributed by atoms with Crippen molar-refractivity contribution in [2.24, 2.45) is 5.14 Å². The van der Waals surface area contributed by atoms with E-state index in [4.69, 9.17) is 10.1 Å². The minimum Gasteiger partial charge on any atom is -0.251 e. The summed E-state index contributed by atoms with van der Waals surface area (Å²) in [5, 5.41) is 15.1. The summed E-state index contributed by atoms with van der Waals surface area (Å²) in [6.07, 6.45) is 0.452. The zero-order chi connectivity index (χ0) is 25.3. The number of nitrogens with zero attached hydrogens (tertiary/aromatic N) is 3. The van der Waals surface area contributed by atoms with Crippen molar-refractivity contribution in [1.82, 2.24) is 9.97 Å². The van der Waals surface area contributed by atoms with Gasteiger partial charge in [0.15, 0.2) is 5.65 Å². The van der Waals surface area contributed by atoms with Crippen molar-refractivity contribution < 1.29 is 17.4 Å². The quantitative estimate of drug-likeness (QED) is 0.339. The highest BCUT2D eigenvalue weighted by atomic mass is 32.2. The number of aromatic nitrogens is 2. The molecule has 2 heterocycles. The minimum atomic E-state index is -1.70. The molecule has 2 N–H and O–H groups in total. The molecule has 0 aliphatic carbocycles. The number of benzene rings is 2. The standard InChI is InChI=1S/C25H21F3N4OS2/c1-25(2,35(30)33)11-16(5-14-6-18(26)9-19(27)7-14)23-20(10-22-24(32-23)31-13-34-22)15-3-4-21(28)17(8-15)12-29/h3-4,6-10,13,16H,5,11,30H2,1-2H3/t16-,35?/m0/s1. The summed E-state index contributed by atoms with van der Waals surface area (Å²) in [5.41, 5.74) is 4.12. The van der Waals surface area contributed by atoms with Gasteiger partial charge in [-0.1, -0.05) is 6.07 Å². The van der Waals surface area contributed by atoms with Gasteiger partial charge in [-0.15, -0.1) is 11.3 Å². The fourth-order valence-electron chi connectivity index (χ4n) is 4.09. The molecule has 0 fully saturated rings. The van der Waals surface area contributed by atoms with Gasteiger partial charge in [-0.2, -0.15) is 5.26 Å². The van der Waals surface area contributed by atoms with E-state index in [-0.39, 0.29) is 18.4 Å². The molecule has 2 aromatic carbocycles. The second-order valence-electron chi connectivity index (χ2n) is 8.84. The van der Waals surface area contributed by atoms with E-state index in [0.717, 1.165) is 10.8 Å². The average molecular weight is 515 g/mol. The summed E-state index contributed by atoms with van der Waals surface area (Å²) >= 11 is 1.38. The maximum absolute atomic E-state index is 14.1. The van der Waals surface area contributed by atoms with Gasteiger partial charge in [0, 0.05) is 17.5 Å². The average Bonchev–Trinajstić information content (AvgIpc) is 3.25. The zero-order valence-electron chi connectivity index (χ0n) is 18.9. The van der Waals surface area contributed by atoms with Crippen molar-refractivity contribution in [3.05, 3.63) is 82.2 Å². The smallest absolute Gasteiger partial charge is 0.170 e. The summed E-state index contributed by atoms with van der Waals surface area (Å²) in [7, 11) is -1.70. The SMILES string of the molecule is CC(C)(C[C@H](Cc1cc(F)cc(F)c1)c1nc2ncsc2cc1-c1ccc(F)c(C#N)c1)S(N)=O. The van der Waals surface area contributed by atoms with Crippen LogP contribution in [-0.2, 0) is 17.4 Å². The lowest BCUT2D eigenvalue weighted by atomic mass is 9.84. The van der Waals surface area contributed by atoms with Crippen LogP contribution >= 0.6 is 11.3 Å². The molecule has 2 aromatic heterocycles. The third kappa shape index (κ3) is 5.42. The number of nitrogens with two attached hydrogens (primary N) is 1. The first-order valence-electron chi connectivity index (χ1n) is 10.6. The number of rotatable bonds is 7. The molecule has 0 saturated carbocycles. The van der Waals surface area contributed by atoms with Crippen LogP contribution in [0.3, 0.4) is 0 Å². The van der Waals surface area contributed by atoms with E-state index in [9.17, 15) is 22.6 Å². The number of nitriles is 1. The second kappa shape index (κ2) is 9.85.